The molecule has 1 aliphatic heterocycles. The highest BCUT2D eigenvalue weighted by molar-refractivity contribution is 14.1. The van der Waals surface area contributed by atoms with E-state index in [0.717, 1.165) is 6.54 Å². The Morgan fingerprint density at radius 2 is 1.21 bits per heavy atom. The van der Waals surface area contributed by atoms with Gasteiger partial charge in [0.25, 0.3) is 0 Å². The molecular weight excluding hydrogens is 405 g/mol. The second-order valence-electron chi connectivity index (χ2n) is 7.89. The van der Waals surface area contributed by atoms with Crippen LogP contribution in [0.25, 0.3) is 0 Å². The van der Waals surface area contributed by atoms with Crippen LogP contribution in [-0.2, 0) is 0 Å². The van der Waals surface area contributed by atoms with Crippen molar-refractivity contribution < 1.29 is 4.48 Å². The lowest BCUT2D eigenvalue weighted by Gasteiger charge is -2.40. The first-order valence-electron chi connectivity index (χ1n) is 10.8. The maximum atomic E-state index is 3.36. The summed E-state index contributed by atoms with van der Waals surface area (Å²) in [7, 11) is 0. The number of hydrogen-bond donors (Lipinski definition) is 0. The molecule has 0 aliphatic carbocycles. The summed E-state index contributed by atoms with van der Waals surface area (Å²) < 4.78 is 4.39. The fraction of sp³-hybridized carbons (Fsp3) is 0.909. The van der Waals surface area contributed by atoms with Gasteiger partial charge in [0, 0.05) is 22.6 Å². The minimum atomic E-state index is 1.10. The first-order valence-corrected chi connectivity index (χ1v) is 11.8. The van der Waals surface area contributed by atoms with Crippen LogP contribution in [0.4, 0.5) is 0 Å². The third kappa shape index (κ3) is 11.0. The first-order chi connectivity index (χ1) is 11.8. The maximum absolute atomic E-state index is 3.36. The van der Waals surface area contributed by atoms with Crippen molar-refractivity contribution in [3.05, 3.63) is 0 Å². The quantitative estimate of drug-likeness (QED) is 0.116. The van der Waals surface area contributed by atoms with E-state index in [2.05, 4.69) is 39.4 Å². The molecule has 1 rings (SSSR count). The lowest BCUT2D eigenvalue weighted by atomic mass is 10.0. The molecule has 0 bridgehead atoms. The maximum Gasteiger partial charge on any atom is 0.141 e. The number of rotatable bonds is 14. The summed E-state index contributed by atoms with van der Waals surface area (Å²) in [5, 5.41) is 0. The summed E-state index contributed by atoms with van der Waals surface area (Å²) in [6.07, 6.45) is 21.6. The van der Waals surface area contributed by atoms with Crippen LogP contribution in [0.3, 0.4) is 0 Å². The van der Waals surface area contributed by atoms with Crippen LogP contribution in [0.1, 0.15) is 103 Å². The van der Waals surface area contributed by atoms with E-state index < -0.39 is 0 Å². The molecular formula is C22H41IN+. The van der Waals surface area contributed by atoms with Crippen molar-refractivity contribution in [2.45, 2.75) is 103 Å². The molecule has 1 saturated heterocycles. The monoisotopic (exact) mass is 446 g/mol. The molecule has 0 radical (unpaired) electrons. The fourth-order valence-electron chi connectivity index (χ4n) is 4.13. The van der Waals surface area contributed by atoms with Crippen molar-refractivity contribution in [1.82, 2.24) is 0 Å². The van der Waals surface area contributed by atoms with Crippen LogP contribution in [-0.4, -0.2) is 30.7 Å². The zero-order chi connectivity index (χ0) is 17.3. The number of quaternary nitrogens is 1. The first kappa shape index (κ1) is 22.3. The van der Waals surface area contributed by atoms with Crippen molar-refractivity contribution in [3.8, 4) is 9.85 Å². The molecule has 0 unspecified atom stereocenters. The van der Waals surface area contributed by atoms with Gasteiger partial charge in [-0.15, -0.1) is 0 Å². The average Bonchev–Trinajstić information content (AvgIpc) is 2.62. The number of unbranched alkanes of at least 4 members (excludes halogenated alkanes) is 11. The van der Waals surface area contributed by atoms with Gasteiger partial charge < -0.3 is 4.48 Å². The minimum absolute atomic E-state index is 1.10. The Bertz CT molecular complexity index is 336. The Morgan fingerprint density at radius 1 is 0.708 bits per heavy atom. The molecule has 24 heavy (non-hydrogen) atoms. The zero-order valence-corrected chi connectivity index (χ0v) is 18.4. The van der Waals surface area contributed by atoms with Gasteiger partial charge >= 0.3 is 0 Å². The smallest absolute Gasteiger partial charge is 0.141 e. The molecule has 0 atom stereocenters. The molecule has 1 fully saturated rings. The summed E-state index contributed by atoms with van der Waals surface area (Å²) in [6, 6.07) is 0. The molecule has 1 heterocycles. The van der Waals surface area contributed by atoms with Gasteiger partial charge in [0.05, 0.1) is 19.6 Å². The van der Waals surface area contributed by atoms with E-state index in [1.54, 1.807) is 0 Å². The van der Waals surface area contributed by atoms with Crippen LogP contribution >= 0.6 is 22.6 Å². The SMILES string of the molecule is CCCCCCCCCCCCCC[N+]1(CC#CI)CCCCC1. The number of hydrogen-bond acceptors (Lipinski definition) is 0. The highest BCUT2D eigenvalue weighted by Gasteiger charge is 2.28. The van der Waals surface area contributed by atoms with Crippen LogP contribution in [0.2, 0.25) is 0 Å². The normalized spacial score (nSPS) is 16.6. The van der Waals surface area contributed by atoms with E-state index in [4.69, 9.17) is 0 Å². The molecule has 1 nitrogen and oxygen atoms in total. The lowest BCUT2D eigenvalue weighted by molar-refractivity contribution is -0.926. The van der Waals surface area contributed by atoms with E-state index >= 15 is 0 Å². The Morgan fingerprint density at radius 3 is 1.71 bits per heavy atom. The van der Waals surface area contributed by atoms with Crippen molar-refractivity contribution in [2.24, 2.45) is 0 Å². The van der Waals surface area contributed by atoms with Gasteiger partial charge in [0.15, 0.2) is 0 Å². The van der Waals surface area contributed by atoms with E-state index in [0.29, 0.717) is 0 Å². The van der Waals surface area contributed by atoms with E-state index in [1.807, 2.05) is 0 Å². The van der Waals surface area contributed by atoms with Crippen LogP contribution < -0.4 is 0 Å². The highest BCUT2D eigenvalue weighted by atomic mass is 127. The van der Waals surface area contributed by atoms with Crippen LogP contribution in [0.5, 0.6) is 0 Å². The van der Waals surface area contributed by atoms with E-state index in [-0.39, 0.29) is 0 Å². The Kier molecular flexibility index (Phi) is 14.4. The van der Waals surface area contributed by atoms with Gasteiger partial charge in [0.2, 0.25) is 0 Å². The molecule has 0 spiro atoms. The lowest BCUT2D eigenvalue weighted by Crippen LogP contribution is -2.52. The van der Waals surface area contributed by atoms with Crippen molar-refractivity contribution in [1.29, 1.82) is 0 Å². The zero-order valence-electron chi connectivity index (χ0n) is 16.3. The van der Waals surface area contributed by atoms with Gasteiger partial charge in [-0.05, 0) is 42.0 Å². The van der Waals surface area contributed by atoms with Gasteiger partial charge in [-0.2, -0.15) is 0 Å². The second kappa shape index (κ2) is 15.5. The largest absolute Gasteiger partial charge is 0.313 e. The van der Waals surface area contributed by atoms with E-state index in [1.165, 1.54) is 120 Å². The van der Waals surface area contributed by atoms with Crippen molar-refractivity contribution >= 4 is 22.6 Å². The summed E-state index contributed by atoms with van der Waals surface area (Å²) in [6.45, 7) is 7.53. The number of likely N-dealkylation sites (tertiary alicyclic amines) is 1. The van der Waals surface area contributed by atoms with Crippen molar-refractivity contribution in [2.75, 3.05) is 26.2 Å². The van der Waals surface area contributed by atoms with Crippen LogP contribution in [0, 0.1) is 9.85 Å². The third-order valence-corrected chi connectivity index (χ3v) is 6.11. The number of nitrogens with zero attached hydrogens (tertiary/aromatic N) is 1. The summed E-state index contributed by atoms with van der Waals surface area (Å²) >= 11 is 2.20. The molecule has 0 N–H and O–H groups in total. The van der Waals surface area contributed by atoms with E-state index in [9.17, 15) is 0 Å². The molecule has 0 aromatic carbocycles. The van der Waals surface area contributed by atoms with Gasteiger partial charge in [-0.25, -0.2) is 0 Å². The number of halogens is 1. The average molecular weight is 446 g/mol. The Hall–Kier alpha value is 0.250. The molecule has 0 saturated carbocycles. The topological polar surface area (TPSA) is 0 Å². The van der Waals surface area contributed by atoms with Gasteiger partial charge in [0.1, 0.15) is 6.54 Å². The standard InChI is InChI=1S/C22H41IN/c1-2-3-4-5-6-7-8-9-10-11-12-14-19-24(22-17-18-23)20-15-13-16-21-24/h2-16,19-22H2,1H3/q+1. The second-order valence-corrected chi connectivity index (χ2v) is 8.43. The third-order valence-electron chi connectivity index (χ3n) is 5.73. The molecule has 2 heteroatoms. The minimum Gasteiger partial charge on any atom is -0.313 e. The highest BCUT2D eigenvalue weighted by Crippen LogP contribution is 2.20. The molecule has 0 aromatic rings. The summed E-state index contributed by atoms with van der Waals surface area (Å²) in [5.74, 6) is 3.36. The van der Waals surface area contributed by atoms with Gasteiger partial charge in [-0.1, -0.05) is 71.1 Å². The van der Waals surface area contributed by atoms with Gasteiger partial charge in [-0.3, -0.25) is 0 Å². The van der Waals surface area contributed by atoms with Crippen molar-refractivity contribution in [3.63, 3.8) is 0 Å². The number of piperidine rings is 1. The predicted molar refractivity (Wildman–Crippen MR) is 116 cm³/mol. The molecule has 140 valence electrons. The molecule has 1 aliphatic rings. The fourth-order valence-corrected chi connectivity index (χ4v) is 4.30. The molecule has 0 amide bonds. The summed E-state index contributed by atoms with van der Waals surface area (Å²) in [4.78, 5) is 0. The Labute approximate surface area is 166 Å². The predicted octanol–water partition coefficient (Wildman–Crippen LogP) is 7.08. The summed E-state index contributed by atoms with van der Waals surface area (Å²) in [5.41, 5.74) is 0. The molecule has 0 aromatic heterocycles. The van der Waals surface area contributed by atoms with Crippen LogP contribution in [0.15, 0.2) is 0 Å². The Balaban J connectivity index is 1.97.